The first-order valence-corrected chi connectivity index (χ1v) is 15.0. The van der Waals surface area contributed by atoms with E-state index >= 15 is 0 Å². The van der Waals surface area contributed by atoms with Crippen LogP contribution in [-0.4, -0.2) is 68.7 Å². The molecule has 4 aromatic rings. The number of hydrazone groups is 1. The lowest BCUT2D eigenvalue weighted by Gasteiger charge is -2.32. The zero-order valence-corrected chi connectivity index (χ0v) is 26.3. The number of nitrogens with one attached hydrogen (secondary N) is 1. The van der Waals surface area contributed by atoms with Crippen molar-refractivity contribution >= 4 is 46.9 Å². The molecule has 5 amide bonds. The molecule has 0 unspecified atom stereocenters. The third kappa shape index (κ3) is 6.79. The Kier molecular flexibility index (Phi) is 9.69. The van der Waals surface area contributed by atoms with Gasteiger partial charge in [0.2, 0.25) is 5.91 Å². The fraction of sp³-hybridized carbons (Fsp3) is 0.200. The van der Waals surface area contributed by atoms with Crippen molar-refractivity contribution in [3.05, 3.63) is 119 Å². The highest BCUT2D eigenvalue weighted by molar-refractivity contribution is 6.08. The Labute approximate surface area is 276 Å². The van der Waals surface area contributed by atoms with Gasteiger partial charge in [0.1, 0.15) is 18.2 Å². The molecule has 0 radical (unpaired) electrons. The zero-order valence-electron chi connectivity index (χ0n) is 26.3. The third-order valence-corrected chi connectivity index (χ3v) is 8.18. The number of carboxylic acid groups (broad SMARTS) is 1. The molecule has 2 atom stereocenters. The third-order valence-electron chi connectivity index (χ3n) is 8.18. The molecule has 246 valence electrons. The second kappa shape index (κ2) is 14.0. The molecular weight excluding hydrogens is 616 g/mol. The maximum Gasteiger partial charge on any atom is 0.408 e. The minimum absolute atomic E-state index is 0.0212. The molecule has 1 aliphatic rings. The summed E-state index contributed by atoms with van der Waals surface area (Å²) in [7, 11) is 0. The predicted molar refractivity (Wildman–Crippen MR) is 176 cm³/mol. The number of nitrogens with zero attached hydrogens (tertiary/aromatic N) is 4. The number of carbonyl (C=O) groups excluding carboxylic acids is 4. The van der Waals surface area contributed by atoms with E-state index in [0.29, 0.717) is 21.7 Å². The number of aliphatic carboxylic acids is 1. The van der Waals surface area contributed by atoms with Gasteiger partial charge in [0.25, 0.3) is 5.91 Å². The van der Waals surface area contributed by atoms with Gasteiger partial charge >= 0.3 is 18.1 Å². The van der Waals surface area contributed by atoms with Gasteiger partial charge in [0.15, 0.2) is 0 Å². The van der Waals surface area contributed by atoms with E-state index in [1.807, 2.05) is 42.5 Å². The summed E-state index contributed by atoms with van der Waals surface area (Å²) in [4.78, 5) is 67.9. The number of alkyl carbamates (subject to hydrolysis) is 1. The summed E-state index contributed by atoms with van der Waals surface area (Å²) in [5.74, 6) is 2.19. The molecule has 13 heteroatoms. The van der Waals surface area contributed by atoms with Crippen molar-refractivity contribution in [2.24, 2.45) is 10.9 Å². The maximum absolute atomic E-state index is 14.4. The second-order valence-corrected chi connectivity index (χ2v) is 11.3. The highest BCUT2D eigenvalue weighted by atomic mass is 16.5. The fourth-order valence-electron chi connectivity index (χ4n) is 5.55. The van der Waals surface area contributed by atoms with Crippen LogP contribution in [0.3, 0.4) is 0 Å². The molecule has 0 saturated carbocycles. The highest BCUT2D eigenvalue weighted by Gasteiger charge is 2.58. The molecule has 48 heavy (non-hydrogen) atoms. The number of nitrogens with two attached hydrogens (primary N) is 1. The number of hydrogen-bond acceptors (Lipinski definition) is 8. The Hall–Kier alpha value is -6.24. The van der Waals surface area contributed by atoms with Crippen LogP contribution in [0.15, 0.2) is 102 Å². The van der Waals surface area contributed by atoms with Gasteiger partial charge in [-0.05, 0) is 46.0 Å². The van der Waals surface area contributed by atoms with Crippen molar-refractivity contribution in [2.45, 2.75) is 38.6 Å². The lowest BCUT2D eigenvalue weighted by molar-refractivity contribution is -0.158. The lowest BCUT2D eigenvalue weighted by atomic mass is 9.89. The molecule has 0 aromatic heterocycles. The number of hydrazine groups is 1. The lowest BCUT2D eigenvalue weighted by Crippen LogP contribution is -2.57. The largest absolute Gasteiger partial charge is 0.480 e. The van der Waals surface area contributed by atoms with Gasteiger partial charge in [0.05, 0.1) is 12.8 Å². The molecule has 1 saturated heterocycles. The molecule has 0 spiro atoms. The quantitative estimate of drug-likeness (QED) is 0.0946. The summed E-state index contributed by atoms with van der Waals surface area (Å²) in [6.45, 7) is 1.77. The number of carboxylic acids is 1. The molecule has 5 rings (SSSR count). The molecular formula is C35H34N6O7. The number of benzene rings is 4. The van der Waals surface area contributed by atoms with Crippen LogP contribution in [0.25, 0.3) is 10.8 Å². The minimum Gasteiger partial charge on any atom is -0.480 e. The van der Waals surface area contributed by atoms with E-state index in [2.05, 4.69) is 10.4 Å². The van der Waals surface area contributed by atoms with Crippen LogP contribution in [-0.2, 0) is 37.8 Å². The monoisotopic (exact) mass is 650 g/mol. The summed E-state index contributed by atoms with van der Waals surface area (Å²) in [6, 6.07) is 26.2. The van der Waals surface area contributed by atoms with E-state index in [9.17, 15) is 29.1 Å². The molecule has 0 bridgehead atoms. The van der Waals surface area contributed by atoms with Crippen molar-refractivity contribution in [1.29, 1.82) is 0 Å². The van der Waals surface area contributed by atoms with E-state index in [1.54, 1.807) is 61.5 Å². The minimum atomic E-state index is -1.73. The van der Waals surface area contributed by atoms with Crippen molar-refractivity contribution in [2.75, 3.05) is 6.54 Å². The van der Waals surface area contributed by atoms with Crippen molar-refractivity contribution < 1.29 is 33.8 Å². The van der Waals surface area contributed by atoms with Gasteiger partial charge in [0, 0.05) is 13.5 Å². The SMILES string of the molecule is CC(=O)N(C[C@@H](NC(=O)OCc1ccccc1)C(=O)O)N1C(=O)N(Cc2ccc3ccccc3c2)[C@](C)(c2ccc(C=NN)cc2)C1=O. The summed E-state index contributed by atoms with van der Waals surface area (Å²) in [6.07, 6.45) is 0.367. The van der Waals surface area contributed by atoms with Gasteiger partial charge in [-0.25, -0.2) is 19.4 Å². The predicted octanol–water partition coefficient (Wildman–Crippen LogP) is 3.96. The number of ether oxygens (including phenoxy) is 1. The fourth-order valence-corrected chi connectivity index (χ4v) is 5.55. The Balaban J connectivity index is 1.47. The number of hydrogen-bond donors (Lipinski definition) is 3. The van der Waals surface area contributed by atoms with Crippen molar-refractivity contribution in [1.82, 2.24) is 20.2 Å². The van der Waals surface area contributed by atoms with Gasteiger partial charge in [-0.3, -0.25) is 14.5 Å². The first-order chi connectivity index (χ1) is 23.0. The Morgan fingerprint density at radius 3 is 2.27 bits per heavy atom. The first-order valence-electron chi connectivity index (χ1n) is 15.0. The van der Waals surface area contributed by atoms with E-state index in [-0.39, 0.29) is 13.2 Å². The Morgan fingerprint density at radius 1 is 0.958 bits per heavy atom. The molecule has 1 aliphatic heterocycles. The summed E-state index contributed by atoms with van der Waals surface area (Å²) >= 11 is 0. The zero-order chi connectivity index (χ0) is 34.4. The van der Waals surface area contributed by atoms with E-state index in [1.165, 1.54) is 11.1 Å². The molecule has 1 fully saturated rings. The van der Waals surface area contributed by atoms with Crippen LogP contribution in [0.2, 0.25) is 0 Å². The summed E-state index contributed by atoms with van der Waals surface area (Å²) in [5, 5.41) is 19.0. The maximum atomic E-state index is 14.4. The highest BCUT2D eigenvalue weighted by Crippen LogP contribution is 2.39. The number of imide groups is 1. The van der Waals surface area contributed by atoms with E-state index in [4.69, 9.17) is 10.6 Å². The number of carbonyl (C=O) groups is 5. The van der Waals surface area contributed by atoms with Gasteiger partial charge in [-0.1, -0.05) is 91.0 Å². The van der Waals surface area contributed by atoms with Crippen LogP contribution in [0.4, 0.5) is 9.59 Å². The van der Waals surface area contributed by atoms with Crippen LogP contribution >= 0.6 is 0 Å². The average molecular weight is 651 g/mol. The standard InChI is InChI=1S/C35H34N6O7/c1-23(42)40(21-30(31(43)44)38-33(46)48-22-25-8-4-3-5-9-25)41-32(45)35(2,29-16-13-24(14-17-29)19-37-36)39(34(41)47)20-26-12-15-27-10-6-7-11-28(27)18-26/h3-19,30H,20-22,36H2,1-2H3,(H,38,46)(H,43,44)/t30-,35-/m1/s1. The van der Waals surface area contributed by atoms with Crippen molar-refractivity contribution in [3.63, 3.8) is 0 Å². The normalized spacial score (nSPS) is 16.7. The van der Waals surface area contributed by atoms with Gasteiger partial charge in [-0.15, -0.1) is 0 Å². The van der Waals surface area contributed by atoms with Crippen LogP contribution < -0.4 is 11.2 Å². The number of urea groups is 1. The molecule has 4 aromatic carbocycles. The molecule has 0 aliphatic carbocycles. The van der Waals surface area contributed by atoms with E-state index < -0.39 is 48.0 Å². The van der Waals surface area contributed by atoms with Crippen molar-refractivity contribution in [3.8, 4) is 0 Å². The Bertz CT molecular complexity index is 1880. The molecule has 4 N–H and O–H groups in total. The smallest absolute Gasteiger partial charge is 0.408 e. The number of fused-ring (bicyclic) bond motifs is 1. The van der Waals surface area contributed by atoms with Gasteiger partial charge < -0.3 is 21.0 Å². The van der Waals surface area contributed by atoms with Crippen LogP contribution in [0.1, 0.15) is 36.1 Å². The summed E-state index contributed by atoms with van der Waals surface area (Å²) < 4.78 is 5.16. The second-order valence-electron chi connectivity index (χ2n) is 11.3. The average Bonchev–Trinajstić information content (AvgIpc) is 3.26. The van der Waals surface area contributed by atoms with Crippen LogP contribution in [0.5, 0.6) is 0 Å². The first kappa shape index (κ1) is 33.1. The summed E-state index contributed by atoms with van der Waals surface area (Å²) in [5.41, 5.74) is 0.844. The number of rotatable bonds is 11. The Morgan fingerprint density at radius 2 is 1.62 bits per heavy atom. The number of amides is 5. The topological polar surface area (TPSA) is 175 Å². The molecule has 13 nitrogen and oxygen atoms in total. The van der Waals surface area contributed by atoms with E-state index in [0.717, 1.165) is 28.3 Å². The van der Waals surface area contributed by atoms with Crippen LogP contribution in [0, 0.1) is 0 Å². The van der Waals surface area contributed by atoms with Gasteiger partial charge in [-0.2, -0.15) is 10.1 Å². The molecule has 1 heterocycles.